The number of rotatable bonds is 3. The highest BCUT2D eigenvalue weighted by atomic mass is 14.8. The van der Waals surface area contributed by atoms with E-state index in [2.05, 4.69) is 169 Å². The molecule has 0 aliphatic carbocycles. The first kappa shape index (κ1) is 30.9. The Labute approximate surface area is 321 Å². The van der Waals surface area contributed by atoms with Crippen molar-refractivity contribution in [3.63, 3.8) is 0 Å². The van der Waals surface area contributed by atoms with Gasteiger partial charge in [0.1, 0.15) is 0 Å². The molecular weight excluding hydrogens is 681 g/mol. The van der Waals surface area contributed by atoms with E-state index >= 15 is 0 Å². The van der Waals surface area contributed by atoms with Crippen LogP contribution in [0.1, 0.15) is 0 Å². The third-order valence-corrected chi connectivity index (χ3v) is 11.5. The minimum Gasteiger partial charge on any atom is -0.254 e. The van der Waals surface area contributed by atoms with Crippen LogP contribution in [0.25, 0.3) is 120 Å². The molecule has 4 nitrogen and oxygen atoms in total. The van der Waals surface area contributed by atoms with Gasteiger partial charge in [0.15, 0.2) is 0 Å². The van der Waals surface area contributed by atoms with E-state index in [1.165, 1.54) is 43.4 Å². The van der Waals surface area contributed by atoms with Gasteiger partial charge in [-0.05, 0) is 85.4 Å². The fourth-order valence-electron chi connectivity index (χ4n) is 8.90. The Morgan fingerprint density at radius 1 is 0.304 bits per heavy atom. The molecule has 8 aromatic carbocycles. The number of para-hydroxylation sites is 1. The topological polar surface area (TPSA) is 51.6 Å². The van der Waals surface area contributed by atoms with Crippen LogP contribution in [-0.2, 0) is 0 Å². The molecule has 0 aliphatic heterocycles. The van der Waals surface area contributed by atoms with E-state index in [4.69, 9.17) is 15.0 Å². The number of benzene rings is 8. The van der Waals surface area contributed by atoms with Crippen molar-refractivity contribution in [1.82, 2.24) is 19.9 Å². The highest BCUT2D eigenvalue weighted by Gasteiger charge is 2.17. The monoisotopic (exact) mass is 710 g/mol. The normalized spacial score (nSPS) is 11.9. The van der Waals surface area contributed by atoms with E-state index in [-0.39, 0.29) is 0 Å². The molecule has 0 radical (unpaired) electrons. The molecule has 4 aromatic heterocycles. The van der Waals surface area contributed by atoms with Crippen LogP contribution >= 0.6 is 0 Å². The number of hydrogen-bond acceptors (Lipinski definition) is 4. The van der Waals surface area contributed by atoms with Crippen LogP contribution < -0.4 is 0 Å². The van der Waals surface area contributed by atoms with Crippen molar-refractivity contribution < 1.29 is 0 Å². The molecule has 12 aromatic rings. The van der Waals surface area contributed by atoms with Crippen molar-refractivity contribution in [3.8, 4) is 33.5 Å². The largest absolute Gasteiger partial charge is 0.254 e. The third kappa shape index (κ3) is 4.60. The predicted molar refractivity (Wildman–Crippen MR) is 234 cm³/mol. The van der Waals surface area contributed by atoms with E-state index in [1.54, 1.807) is 0 Å². The lowest BCUT2D eigenvalue weighted by Gasteiger charge is -2.15. The van der Waals surface area contributed by atoms with Gasteiger partial charge in [-0.1, -0.05) is 133 Å². The van der Waals surface area contributed by atoms with E-state index in [1.807, 2.05) is 18.5 Å². The molecule has 0 amide bonds. The maximum absolute atomic E-state index is 5.38. The quantitative estimate of drug-likeness (QED) is 0.135. The van der Waals surface area contributed by atoms with Gasteiger partial charge >= 0.3 is 0 Å². The molecule has 0 atom stereocenters. The molecule has 4 heteroatoms. The van der Waals surface area contributed by atoms with Gasteiger partial charge in [0.25, 0.3) is 0 Å². The molecule has 0 saturated carbocycles. The van der Waals surface area contributed by atoms with Crippen LogP contribution in [0.5, 0.6) is 0 Å². The summed E-state index contributed by atoms with van der Waals surface area (Å²) in [4.78, 5) is 20.1. The van der Waals surface area contributed by atoms with Crippen LogP contribution in [0.4, 0.5) is 0 Å². The van der Waals surface area contributed by atoms with Gasteiger partial charge in [-0.2, -0.15) is 0 Å². The molecule has 12 rings (SSSR count). The van der Waals surface area contributed by atoms with E-state index in [0.29, 0.717) is 0 Å². The number of fused-ring (bicyclic) bond motifs is 13. The number of hydrogen-bond donors (Lipinski definition) is 0. The summed E-state index contributed by atoms with van der Waals surface area (Å²) in [6.07, 6.45) is 3.74. The van der Waals surface area contributed by atoms with Gasteiger partial charge < -0.3 is 0 Å². The Kier molecular flexibility index (Phi) is 6.60. The van der Waals surface area contributed by atoms with Gasteiger partial charge in [-0.25, -0.2) is 9.97 Å². The maximum Gasteiger partial charge on any atom is 0.0978 e. The fraction of sp³-hybridized carbons (Fsp3) is 0. The molecule has 0 spiro atoms. The van der Waals surface area contributed by atoms with Gasteiger partial charge in [-0.15, -0.1) is 0 Å². The summed E-state index contributed by atoms with van der Waals surface area (Å²) in [5, 5.41) is 12.8. The van der Waals surface area contributed by atoms with E-state index < -0.39 is 0 Å². The summed E-state index contributed by atoms with van der Waals surface area (Å²) in [6, 6.07) is 60.7. The summed E-state index contributed by atoms with van der Waals surface area (Å²) in [7, 11) is 0. The highest BCUT2D eigenvalue weighted by Crippen LogP contribution is 2.41. The minimum atomic E-state index is 0.909. The lowest BCUT2D eigenvalue weighted by atomic mass is 9.90. The van der Waals surface area contributed by atoms with Gasteiger partial charge in [-0.3, -0.25) is 9.97 Å². The van der Waals surface area contributed by atoms with Crippen molar-refractivity contribution in [2.45, 2.75) is 0 Å². The van der Waals surface area contributed by atoms with Crippen LogP contribution in [0.3, 0.4) is 0 Å². The Morgan fingerprint density at radius 2 is 0.929 bits per heavy atom. The first-order valence-corrected chi connectivity index (χ1v) is 19.0. The van der Waals surface area contributed by atoms with Crippen LogP contribution in [-0.4, -0.2) is 19.9 Å². The second-order valence-electron chi connectivity index (χ2n) is 14.6. The van der Waals surface area contributed by atoms with Crippen molar-refractivity contribution >= 4 is 86.8 Å². The van der Waals surface area contributed by atoms with Crippen molar-refractivity contribution in [3.05, 3.63) is 182 Å². The standard InChI is InChI=1S/C52H30N4/c1-2-9-31(10-3-1)48-42-14-6-7-15-47(42)56-52-43(48)24-17-33-20-25-46(55-50(33)52)35-19-22-40-39-21-18-34(29-44(39)37-12-4-5-13-38(37)45(40)30-35)36-26-28-54-51-41(36)23-16-32-11-8-27-53-49(32)51/h1-30H. The zero-order valence-corrected chi connectivity index (χ0v) is 30.1. The first-order chi connectivity index (χ1) is 27.8. The smallest absolute Gasteiger partial charge is 0.0978 e. The number of nitrogens with zero attached hydrogens (tertiary/aromatic N) is 4. The highest BCUT2D eigenvalue weighted by molar-refractivity contribution is 6.26. The summed E-state index contributed by atoms with van der Waals surface area (Å²) >= 11 is 0. The van der Waals surface area contributed by atoms with Crippen LogP contribution in [0.15, 0.2) is 182 Å². The van der Waals surface area contributed by atoms with Crippen LogP contribution in [0.2, 0.25) is 0 Å². The Balaban J connectivity index is 1.05. The van der Waals surface area contributed by atoms with E-state index in [9.17, 15) is 0 Å². The Bertz CT molecular complexity index is 3570. The van der Waals surface area contributed by atoms with Crippen LogP contribution in [0, 0.1) is 0 Å². The summed E-state index contributed by atoms with van der Waals surface area (Å²) in [6.45, 7) is 0. The molecule has 0 N–H and O–H groups in total. The van der Waals surface area contributed by atoms with E-state index in [0.717, 1.165) is 76.9 Å². The molecule has 0 bridgehead atoms. The minimum absolute atomic E-state index is 0.909. The average molecular weight is 711 g/mol. The summed E-state index contributed by atoms with van der Waals surface area (Å²) < 4.78 is 0. The molecule has 0 aliphatic rings. The number of pyridine rings is 4. The molecular formula is C52H30N4. The van der Waals surface area contributed by atoms with Gasteiger partial charge in [0.05, 0.1) is 33.3 Å². The SMILES string of the molecule is c1ccc(-c2c3ccccc3nc3c2ccc2ccc(-c4ccc5c6ccc(-c7ccnc8c7ccc7cccnc78)cc6c6ccccc6c5c4)nc23)cc1. The molecule has 0 saturated heterocycles. The van der Waals surface area contributed by atoms with Gasteiger partial charge in [0.2, 0.25) is 0 Å². The molecule has 4 heterocycles. The summed E-state index contributed by atoms with van der Waals surface area (Å²) in [5.74, 6) is 0. The molecule has 0 unspecified atom stereocenters. The number of aromatic nitrogens is 4. The molecule has 0 fully saturated rings. The Morgan fingerprint density at radius 3 is 1.75 bits per heavy atom. The zero-order chi connectivity index (χ0) is 36.7. The molecule has 258 valence electrons. The lowest BCUT2D eigenvalue weighted by molar-refractivity contribution is 1.37. The predicted octanol–water partition coefficient (Wildman–Crippen LogP) is 13.5. The third-order valence-electron chi connectivity index (χ3n) is 11.5. The Hall–Kier alpha value is -7.56. The lowest BCUT2D eigenvalue weighted by Crippen LogP contribution is -1.93. The summed E-state index contributed by atoms with van der Waals surface area (Å²) in [5.41, 5.74) is 11.3. The second kappa shape index (κ2) is 12.0. The average Bonchev–Trinajstić information content (AvgIpc) is 3.27. The second-order valence-corrected chi connectivity index (χ2v) is 14.6. The first-order valence-electron chi connectivity index (χ1n) is 19.0. The van der Waals surface area contributed by atoms with Crippen molar-refractivity contribution in [1.29, 1.82) is 0 Å². The fourth-order valence-corrected chi connectivity index (χ4v) is 8.90. The van der Waals surface area contributed by atoms with Crippen molar-refractivity contribution in [2.75, 3.05) is 0 Å². The molecule has 56 heavy (non-hydrogen) atoms. The maximum atomic E-state index is 5.38. The van der Waals surface area contributed by atoms with Crippen molar-refractivity contribution in [2.24, 2.45) is 0 Å². The zero-order valence-electron chi connectivity index (χ0n) is 30.1. The van der Waals surface area contributed by atoms with Gasteiger partial charge in [0, 0.05) is 50.5 Å².